The van der Waals surface area contributed by atoms with Gasteiger partial charge in [0.2, 0.25) is 0 Å². The summed E-state index contributed by atoms with van der Waals surface area (Å²) in [5.74, 6) is 2.04. The summed E-state index contributed by atoms with van der Waals surface area (Å²) >= 11 is 1.95. The number of rotatable bonds is 9. The monoisotopic (exact) mass is 272 g/mol. The van der Waals surface area contributed by atoms with Crippen molar-refractivity contribution in [2.45, 2.75) is 64.5 Å². The van der Waals surface area contributed by atoms with Crippen molar-refractivity contribution in [1.82, 2.24) is 4.90 Å². The Morgan fingerprint density at radius 3 is 2.39 bits per heavy atom. The van der Waals surface area contributed by atoms with Gasteiger partial charge < -0.3 is 5.73 Å². The first kappa shape index (κ1) is 16.3. The van der Waals surface area contributed by atoms with Gasteiger partial charge >= 0.3 is 0 Å². The molecule has 0 radical (unpaired) electrons. The van der Waals surface area contributed by atoms with Crippen molar-refractivity contribution in [2.75, 3.05) is 25.1 Å². The van der Waals surface area contributed by atoms with Crippen molar-refractivity contribution >= 4 is 11.8 Å². The molecule has 1 aliphatic rings. The van der Waals surface area contributed by atoms with Gasteiger partial charge in [-0.25, -0.2) is 0 Å². The second-order valence-electron chi connectivity index (χ2n) is 6.03. The molecule has 0 saturated heterocycles. The topological polar surface area (TPSA) is 29.3 Å². The van der Waals surface area contributed by atoms with Crippen molar-refractivity contribution in [1.29, 1.82) is 0 Å². The molecule has 0 aromatic heterocycles. The molecule has 1 atom stereocenters. The molecule has 0 amide bonds. The lowest BCUT2D eigenvalue weighted by Crippen LogP contribution is -2.47. The third kappa shape index (κ3) is 5.50. The molecular formula is C15H32N2S. The van der Waals surface area contributed by atoms with Crippen molar-refractivity contribution in [3.63, 3.8) is 0 Å². The Bertz CT molecular complexity index is 203. The lowest BCUT2D eigenvalue weighted by molar-refractivity contribution is 0.128. The molecule has 0 aliphatic heterocycles. The van der Waals surface area contributed by atoms with Crippen LogP contribution in [-0.2, 0) is 0 Å². The molecule has 18 heavy (non-hydrogen) atoms. The first-order valence-electron chi connectivity index (χ1n) is 7.63. The predicted molar refractivity (Wildman–Crippen MR) is 84.3 cm³/mol. The maximum absolute atomic E-state index is 6.04. The van der Waals surface area contributed by atoms with Gasteiger partial charge in [-0.2, -0.15) is 11.8 Å². The molecule has 1 rings (SSSR count). The summed E-state index contributed by atoms with van der Waals surface area (Å²) in [6.45, 7) is 6.73. The molecule has 0 aromatic carbocycles. The number of hydrogen-bond donors (Lipinski definition) is 1. The SMILES string of the molecule is CSCCC(CN)N(CCC(C)C)C1CCCC1. The van der Waals surface area contributed by atoms with Crippen LogP contribution in [0.3, 0.4) is 0 Å². The second-order valence-corrected chi connectivity index (χ2v) is 7.02. The van der Waals surface area contributed by atoms with Crippen molar-refractivity contribution in [3.8, 4) is 0 Å². The first-order valence-corrected chi connectivity index (χ1v) is 9.03. The quantitative estimate of drug-likeness (QED) is 0.698. The lowest BCUT2D eigenvalue weighted by Gasteiger charge is -2.36. The highest BCUT2D eigenvalue weighted by Crippen LogP contribution is 2.26. The van der Waals surface area contributed by atoms with E-state index in [1.54, 1.807) is 0 Å². The number of nitrogens with zero attached hydrogens (tertiary/aromatic N) is 1. The summed E-state index contributed by atoms with van der Waals surface area (Å²) < 4.78 is 0. The fourth-order valence-corrected chi connectivity index (χ4v) is 3.49. The van der Waals surface area contributed by atoms with Gasteiger partial charge in [-0.15, -0.1) is 0 Å². The van der Waals surface area contributed by atoms with Crippen LogP contribution in [0.15, 0.2) is 0 Å². The van der Waals surface area contributed by atoms with Crippen LogP contribution >= 0.6 is 11.8 Å². The van der Waals surface area contributed by atoms with E-state index in [9.17, 15) is 0 Å². The van der Waals surface area contributed by atoms with Crippen LogP contribution in [0.4, 0.5) is 0 Å². The Balaban J connectivity index is 2.54. The summed E-state index contributed by atoms with van der Waals surface area (Å²) in [6, 6.07) is 1.43. The van der Waals surface area contributed by atoms with Crippen LogP contribution in [0.1, 0.15) is 52.4 Å². The van der Waals surface area contributed by atoms with E-state index in [0.717, 1.165) is 18.5 Å². The fraction of sp³-hybridized carbons (Fsp3) is 1.00. The third-order valence-corrected chi connectivity index (χ3v) is 4.80. The Morgan fingerprint density at radius 2 is 1.89 bits per heavy atom. The fourth-order valence-electron chi connectivity index (χ4n) is 2.98. The molecule has 1 aliphatic carbocycles. The minimum absolute atomic E-state index is 0.610. The molecule has 0 heterocycles. The highest BCUT2D eigenvalue weighted by atomic mass is 32.2. The van der Waals surface area contributed by atoms with Gasteiger partial charge in [0.25, 0.3) is 0 Å². The van der Waals surface area contributed by atoms with Crippen LogP contribution in [0.2, 0.25) is 0 Å². The predicted octanol–water partition coefficient (Wildman–Crippen LogP) is 3.36. The van der Waals surface area contributed by atoms with E-state index in [1.165, 1.54) is 50.8 Å². The zero-order valence-corrected chi connectivity index (χ0v) is 13.3. The van der Waals surface area contributed by atoms with Crippen LogP contribution < -0.4 is 5.73 Å². The summed E-state index contributed by atoms with van der Waals surface area (Å²) in [6.07, 6.45) is 10.4. The van der Waals surface area contributed by atoms with Crippen molar-refractivity contribution < 1.29 is 0 Å². The van der Waals surface area contributed by atoms with E-state index in [4.69, 9.17) is 5.73 Å². The molecule has 0 spiro atoms. The zero-order valence-electron chi connectivity index (χ0n) is 12.5. The average Bonchev–Trinajstić information content (AvgIpc) is 2.86. The van der Waals surface area contributed by atoms with Gasteiger partial charge in [0.15, 0.2) is 0 Å². The molecule has 2 nitrogen and oxygen atoms in total. The largest absolute Gasteiger partial charge is 0.329 e. The standard InChI is InChI=1S/C15H32N2S/c1-13(2)8-10-17(14-6-4-5-7-14)15(12-16)9-11-18-3/h13-15H,4-12,16H2,1-3H3. The first-order chi connectivity index (χ1) is 8.69. The van der Waals surface area contributed by atoms with Gasteiger partial charge in [-0.1, -0.05) is 26.7 Å². The van der Waals surface area contributed by atoms with Crippen LogP contribution in [0, 0.1) is 5.92 Å². The number of thioether (sulfide) groups is 1. The van der Waals surface area contributed by atoms with Gasteiger partial charge in [-0.05, 0) is 50.2 Å². The summed E-state index contributed by atoms with van der Waals surface area (Å²) in [5, 5.41) is 0. The minimum Gasteiger partial charge on any atom is -0.329 e. The Hall–Kier alpha value is 0.270. The number of nitrogens with two attached hydrogens (primary N) is 1. The van der Waals surface area contributed by atoms with Gasteiger partial charge in [-0.3, -0.25) is 4.90 Å². The molecule has 1 unspecified atom stereocenters. The van der Waals surface area contributed by atoms with Crippen LogP contribution in [-0.4, -0.2) is 42.1 Å². The van der Waals surface area contributed by atoms with E-state index in [2.05, 4.69) is 25.0 Å². The molecule has 1 saturated carbocycles. The molecule has 108 valence electrons. The van der Waals surface area contributed by atoms with E-state index in [1.807, 2.05) is 11.8 Å². The highest BCUT2D eigenvalue weighted by molar-refractivity contribution is 7.98. The maximum atomic E-state index is 6.04. The molecule has 2 N–H and O–H groups in total. The van der Waals surface area contributed by atoms with Gasteiger partial charge in [0.1, 0.15) is 0 Å². The molecular weight excluding hydrogens is 240 g/mol. The normalized spacial score (nSPS) is 19.0. The lowest BCUT2D eigenvalue weighted by atomic mass is 10.0. The maximum Gasteiger partial charge on any atom is 0.0229 e. The molecule has 0 bridgehead atoms. The summed E-state index contributed by atoms with van der Waals surface area (Å²) in [4.78, 5) is 2.75. The molecule has 0 aromatic rings. The Labute approximate surface area is 118 Å². The Kier molecular flexibility index (Phi) is 8.36. The van der Waals surface area contributed by atoms with E-state index in [0.29, 0.717) is 6.04 Å². The average molecular weight is 273 g/mol. The van der Waals surface area contributed by atoms with Crippen molar-refractivity contribution in [2.24, 2.45) is 11.7 Å². The van der Waals surface area contributed by atoms with E-state index in [-0.39, 0.29) is 0 Å². The van der Waals surface area contributed by atoms with Crippen molar-refractivity contribution in [3.05, 3.63) is 0 Å². The minimum atomic E-state index is 0.610. The smallest absolute Gasteiger partial charge is 0.0229 e. The zero-order chi connectivity index (χ0) is 13.4. The highest BCUT2D eigenvalue weighted by Gasteiger charge is 2.27. The summed E-state index contributed by atoms with van der Waals surface area (Å²) in [5.41, 5.74) is 6.04. The van der Waals surface area contributed by atoms with Crippen LogP contribution in [0.25, 0.3) is 0 Å². The third-order valence-electron chi connectivity index (χ3n) is 4.15. The van der Waals surface area contributed by atoms with E-state index >= 15 is 0 Å². The van der Waals surface area contributed by atoms with E-state index < -0.39 is 0 Å². The summed E-state index contributed by atoms with van der Waals surface area (Å²) in [7, 11) is 0. The second kappa shape index (κ2) is 9.22. The molecule has 3 heteroatoms. The Morgan fingerprint density at radius 1 is 1.22 bits per heavy atom. The number of hydrogen-bond acceptors (Lipinski definition) is 3. The van der Waals surface area contributed by atoms with Gasteiger partial charge in [0, 0.05) is 18.6 Å². The van der Waals surface area contributed by atoms with Gasteiger partial charge in [0.05, 0.1) is 0 Å². The van der Waals surface area contributed by atoms with Crippen LogP contribution in [0.5, 0.6) is 0 Å². The molecule has 1 fully saturated rings.